The Morgan fingerprint density at radius 1 is 1.53 bits per heavy atom. The zero-order chi connectivity index (χ0) is 13.0. The summed E-state index contributed by atoms with van der Waals surface area (Å²) >= 11 is 0. The summed E-state index contributed by atoms with van der Waals surface area (Å²) in [6.45, 7) is 10.1. The van der Waals surface area contributed by atoms with Crippen molar-refractivity contribution in [2.75, 3.05) is 12.3 Å². The van der Waals surface area contributed by atoms with Gasteiger partial charge >= 0.3 is 0 Å². The van der Waals surface area contributed by atoms with Crippen LogP contribution in [0.2, 0.25) is 0 Å². The van der Waals surface area contributed by atoms with E-state index in [0.717, 1.165) is 5.56 Å². The number of nitrogens with zero attached hydrogens (tertiary/aromatic N) is 1. The van der Waals surface area contributed by atoms with Gasteiger partial charge in [0.05, 0.1) is 0 Å². The molecule has 1 rings (SSSR count). The average Bonchev–Trinajstić information content (AvgIpc) is 2.28. The standard InChI is InChI=1S/C14H20N2O/c1-5-8-16(10(2)3)14(17)12-6-7-13(15)11(4)9-12/h5-7,9-10H,1,8,15H2,2-4H3. The Bertz CT molecular complexity index is 424. The normalized spacial score (nSPS) is 10.4. The van der Waals surface area contributed by atoms with Gasteiger partial charge in [-0.1, -0.05) is 6.08 Å². The summed E-state index contributed by atoms with van der Waals surface area (Å²) in [5, 5.41) is 0. The van der Waals surface area contributed by atoms with Gasteiger partial charge in [-0.25, -0.2) is 0 Å². The van der Waals surface area contributed by atoms with Crippen LogP contribution in [0.4, 0.5) is 5.69 Å². The summed E-state index contributed by atoms with van der Waals surface area (Å²) in [5.74, 6) is 0.0167. The Morgan fingerprint density at radius 3 is 2.65 bits per heavy atom. The number of nitrogen functional groups attached to an aromatic ring is 1. The minimum Gasteiger partial charge on any atom is -0.399 e. The van der Waals surface area contributed by atoms with Gasteiger partial charge in [-0.05, 0) is 44.5 Å². The second kappa shape index (κ2) is 5.53. The Hall–Kier alpha value is -1.77. The fourth-order valence-electron chi connectivity index (χ4n) is 1.64. The minimum atomic E-state index is 0.0167. The third kappa shape index (κ3) is 3.09. The first-order valence-corrected chi connectivity index (χ1v) is 5.75. The van der Waals surface area contributed by atoms with Gasteiger partial charge < -0.3 is 10.6 Å². The van der Waals surface area contributed by atoms with Crippen molar-refractivity contribution in [1.82, 2.24) is 4.90 Å². The van der Waals surface area contributed by atoms with E-state index in [9.17, 15) is 4.79 Å². The van der Waals surface area contributed by atoms with E-state index in [1.807, 2.05) is 26.8 Å². The van der Waals surface area contributed by atoms with Crippen molar-refractivity contribution in [3.8, 4) is 0 Å². The molecule has 0 fully saturated rings. The van der Waals surface area contributed by atoms with E-state index in [1.54, 1.807) is 23.1 Å². The van der Waals surface area contributed by atoms with Crippen molar-refractivity contribution in [1.29, 1.82) is 0 Å². The first kappa shape index (κ1) is 13.3. The number of amides is 1. The van der Waals surface area contributed by atoms with Gasteiger partial charge in [0.2, 0.25) is 0 Å². The van der Waals surface area contributed by atoms with E-state index >= 15 is 0 Å². The number of anilines is 1. The molecule has 0 aliphatic carbocycles. The number of nitrogens with two attached hydrogens (primary N) is 1. The van der Waals surface area contributed by atoms with Gasteiger partial charge in [0.15, 0.2) is 0 Å². The quantitative estimate of drug-likeness (QED) is 0.640. The molecule has 0 aliphatic heterocycles. The number of carbonyl (C=O) groups excluding carboxylic acids is 1. The number of rotatable bonds is 4. The van der Waals surface area contributed by atoms with Crippen molar-refractivity contribution in [2.45, 2.75) is 26.8 Å². The zero-order valence-corrected chi connectivity index (χ0v) is 10.7. The first-order valence-electron chi connectivity index (χ1n) is 5.75. The fraction of sp³-hybridized carbons (Fsp3) is 0.357. The highest BCUT2D eigenvalue weighted by atomic mass is 16.2. The molecule has 1 amide bonds. The van der Waals surface area contributed by atoms with E-state index in [-0.39, 0.29) is 11.9 Å². The summed E-state index contributed by atoms with van der Waals surface area (Å²) in [6, 6.07) is 5.52. The lowest BCUT2D eigenvalue weighted by atomic mass is 10.1. The van der Waals surface area contributed by atoms with Crippen LogP contribution in [-0.4, -0.2) is 23.4 Å². The van der Waals surface area contributed by atoms with Crippen molar-refractivity contribution < 1.29 is 4.79 Å². The Kier molecular flexibility index (Phi) is 4.32. The molecule has 92 valence electrons. The lowest BCUT2D eigenvalue weighted by molar-refractivity contribution is 0.0728. The van der Waals surface area contributed by atoms with Crippen LogP contribution in [-0.2, 0) is 0 Å². The van der Waals surface area contributed by atoms with E-state index in [0.29, 0.717) is 17.8 Å². The number of benzene rings is 1. The van der Waals surface area contributed by atoms with E-state index in [1.165, 1.54) is 0 Å². The maximum atomic E-state index is 12.3. The third-order valence-corrected chi connectivity index (χ3v) is 2.73. The Labute approximate surface area is 103 Å². The summed E-state index contributed by atoms with van der Waals surface area (Å²) in [5.41, 5.74) is 8.05. The van der Waals surface area contributed by atoms with Crippen LogP contribution < -0.4 is 5.73 Å². The molecule has 0 unspecified atom stereocenters. The van der Waals surface area contributed by atoms with Crippen LogP contribution in [0.3, 0.4) is 0 Å². The summed E-state index contributed by atoms with van der Waals surface area (Å²) in [7, 11) is 0. The lowest BCUT2D eigenvalue weighted by Gasteiger charge is -2.25. The lowest BCUT2D eigenvalue weighted by Crippen LogP contribution is -2.37. The number of carbonyl (C=O) groups is 1. The molecule has 1 aromatic rings. The molecule has 0 saturated carbocycles. The van der Waals surface area contributed by atoms with Crippen LogP contribution in [0.5, 0.6) is 0 Å². The van der Waals surface area contributed by atoms with Crippen molar-refractivity contribution in [3.63, 3.8) is 0 Å². The van der Waals surface area contributed by atoms with Crippen LogP contribution in [0, 0.1) is 6.92 Å². The SMILES string of the molecule is C=CCN(C(=O)c1ccc(N)c(C)c1)C(C)C. The Morgan fingerprint density at radius 2 is 2.18 bits per heavy atom. The minimum absolute atomic E-state index is 0.0167. The van der Waals surface area contributed by atoms with Crippen molar-refractivity contribution in [2.24, 2.45) is 0 Å². The smallest absolute Gasteiger partial charge is 0.254 e. The summed E-state index contributed by atoms with van der Waals surface area (Å²) in [4.78, 5) is 14.1. The van der Waals surface area contributed by atoms with Gasteiger partial charge in [-0.3, -0.25) is 4.79 Å². The van der Waals surface area contributed by atoms with Crippen LogP contribution in [0.15, 0.2) is 30.9 Å². The predicted molar refractivity (Wildman–Crippen MR) is 72.0 cm³/mol. The fourth-order valence-corrected chi connectivity index (χ4v) is 1.64. The second-order valence-electron chi connectivity index (χ2n) is 4.41. The van der Waals surface area contributed by atoms with Crippen LogP contribution in [0.1, 0.15) is 29.8 Å². The van der Waals surface area contributed by atoms with Crippen LogP contribution in [0.25, 0.3) is 0 Å². The molecule has 2 N–H and O–H groups in total. The maximum absolute atomic E-state index is 12.3. The van der Waals surface area contributed by atoms with E-state index < -0.39 is 0 Å². The van der Waals surface area contributed by atoms with Gasteiger partial charge in [-0.2, -0.15) is 0 Å². The van der Waals surface area contributed by atoms with E-state index in [4.69, 9.17) is 5.73 Å². The molecule has 1 aromatic carbocycles. The molecule has 0 aromatic heterocycles. The highest BCUT2D eigenvalue weighted by Crippen LogP contribution is 2.15. The molecule has 0 bridgehead atoms. The molecule has 0 saturated heterocycles. The van der Waals surface area contributed by atoms with Gasteiger partial charge in [0.1, 0.15) is 0 Å². The van der Waals surface area contributed by atoms with E-state index in [2.05, 4.69) is 6.58 Å². The molecular formula is C14H20N2O. The second-order valence-corrected chi connectivity index (χ2v) is 4.41. The van der Waals surface area contributed by atoms with Crippen LogP contribution >= 0.6 is 0 Å². The van der Waals surface area contributed by atoms with Gasteiger partial charge in [0.25, 0.3) is 5.91 Å². The highest BCUT2D eigenvalue weighted by Gasteiger charge is 2.17. The first-order chi connectivity index (χ1) is 7.97. The Balaban J connectivity index is 3.00. The molecule has 0 aliphatic rings. The molecule has 0 heterocycles. The topological polar surface area (TPSA) is 46.3 Å². The zero-order valence-electron chi connectivity index (χ0n) is 10.7. The molecular weight excluding hydrogens is 212 g/mol. The highest BCUT2D eigenvalue weighted by molar-refractivity contribution is 5.95. The number of aryl methyl sites for hydroxylation is 1. The molecule has 0 atom stereocenters. The van der Waals surface area contributed by atoms with Gasteiger partial charge in [0, 0.05) is 23.8 Å². The molecule has 3 nitrogen and oxygen atoms in total. The summed E-state index contributed by atoms with van der Waals surface area (Å²) < 4.78 is 0. The number of hydrogen-bond donors (Lipinski definition) is 1. The maximum Gasteiger partial charge on any atom is 0.254 e. The van der Waals surface area contributed by atoms with Crippen molar-refractivity contribution in [3.05, 3.63) is 42.0 Å². The summed E-state index contributed by atoms with van der Waals surface area (Å²) in [6.07, 6.45) is 1.74. The molecule has 0 spiro atoms. The molecule has 0 radical (unpaired) electrons. The predicted octanol–water partition coefficient (Wildman–Crippen LogP) is 2.61. The monoisotopic (exact) mass is 232 g/mol. The molecule has 3 heteroatoms. The van der Waals surface area contributed by atoms with Gasteiger partial charge in [-0.15, -0.1) is 6.58 Å². The van der Waals surface area contributed by atoms with Crippen molar-refractivity contribution >= 4 is 11.6 Å². The molecule has 17 heavy (non-hydrogen) atoms. The average molecular weight is 232 g/mol. The third-order valence-electron chi connectivity index (χ3n) is 2.73. The largest absolute Gasteiger partial charge is 0.399 e. The number of hydrogen-bond acceptors (Lipinski definition) is 2.